The van der Waals surface area contributed by atoms with Crippen molar-refractivity contribution in [2.45, 2.75) is 20.0 Å². The Morgan fingerprint density at radius 1 is 1.21 bits per heavy atom. The highest BCUT2D eigenvalue weighted by atomic mass is 16.5. The van der Waals surface area contributed by atoms with E-state index in [0.717, 1.165) is 6.42 Å². The van der Waals surface area contributed by atoms with Crippen LogP contribution in [0.5, 0.6) is 17.4 Å². The predicted molar refractivity (Wildman–Crippen MR) is 70.4 cm³/mol. The molecule has 5 nitrogen and oxygen atoms in total. The Morgan fingerprint density at radius 3 is 2.74 bits per heavy atom. The summed E-state index contributed by atoms with van der Waals surface area (Å²) >= 11 is 0. The summed E-state index contributed by atoms with van der Waals surface area (Å²) in [6.07, 6.45) is 3.91. The normalized spacial score (nSPS) is 10.3. The SMILES string of the molecule is CCc1ccc(Oc2cncc(CO)n2)c(OC)c1. The molecular weight excluding hydrogens is 244 g/mol. The summed E-state index contributed by atoms with van der Waals surface area (Å²) in [5.74, 6) is 1.55. The Kier molecular flexibility index (Phi) is 4.30. The average Bonchev–Trinajstić information content (AvgIpc) is 2.48. The molecule has 0 aliphatic carbocycles. The minimum atomic E-state index is -0.171. The number of rotatable bonds is 5. The molecule has 0 radical (unpaired) electrons. The van der Waals surface area contributed by atoms with E-state index in [4.69, 9.17) is 14.6 Å². The van der Waals surface area contributed by atoms with E-state index in [1.807, 2.05) is 18.2 Å². The molecule has 0 atom stereocenters. The summed E-state index contributed by atoms with van der Waals surface area (Å²) in [5.41, 5.74) is 1.63. The zero-order valence-electron chi connectivity index (χ0n) is 11.0. The molecule has 1 aromatic carbocycles. The Morgan fingerprint density at radius 2 is 2.05 bits per heavy atom. The molecule has 1 aromatic heterocycles. The van der Waals surface area contributed by atoms with Crippen LogP contribution < -0.4 is 9.47 Å². The zero-order chi connectivity index (χ0) is 13.7. The van der Waals surface area contributed by atoms with Gasteiger partial charge in [0.15, 0.2) is 11.5 Å². The van der Waals surface area contributed by atoms with Crippen LogP contribution in [0.25, 0.3) is 0 Å². The van der Waals surface area contributed by atoms with Crippen molar-refractivity contribution < 1.29 is 14.6 Å². The van der Waals surface area contributed by atoms with Gasteiger partial charge in [0.25, 0.3) is 0 Å². The quantitative estimate of drug-likeness (QED) is 0.893. The lowest BCUT2D eigenvalue weighted by Gasteiger charge is -2.11. The number of nitrogens with zero attached hydrogens (tertiary/aromatic N) is 2. The van der Waals surface area contributed by atoms with Gasteiger partial charge in [-0.2, -0.15) is 0 Å². The summed E-state index contributed by atoms with van der Waals surface area (Å²) in [6.45, 7) is 1.90. The fourth-order valence-corrected chi connectivity index (χ4v) is 1.64. The van der Waals surface area contributed by atoms with Crippen molar-refractivity contribution in [3.63, 3.8) is 0 Å². The Hall–Kier alpha value is -2.14. The van der Waals surface area contributed by atoms with Crippen LogP contribution in [0, 0.1) is 0 Å². The third-order valence-electron chi connectivity index (χ3n) is 2.68. The van der Waals surface area contributed by atoms with Gasteiger partial charge in [-0.3, -0.25) is 4.98 Å². The van der Waals surface area contributed by atoms with Crippen molar-refractivity contribution in [2.75, 3.05) is 7.11 Å². The summed E-state index contributed by atoms with van der Waals surface area (Å²) in [4.78, 5) is 8.07. The standard InChI is InChI=1S/C14H16N2O3/c1-3-10-4-5-12(13(6-10)18-2)19-14-8-15-7-11(9-17)16-14/h4-8,17H,3,9H2,1-2H3. The summed E-state index contributed by atoms with van der Waals surface area (Å²) in [6, 6.07) is 5.74. The van der Waals surface area contributed by atoms with Crippen molar-refractivity contribution in [1.29, 1.82) is 0 Å². The van der Waals surface area contributed by atoms with Crippen LogP contribution in [0.3, 0.4) is 0 Å². The van der Waals surface area contributed by atoms with Crippen molar-refractivity contribution in [2.24, 2.45) is 0 Å². The second-order valence-corrected chi connectivity index (χ2v) is 3.95. The number of aliphatic hydroxyl groups excluding tert-OH is 1. The minimum Gasteiger partial charge on any atom is -0.493 e. The van der Waals surface area contributed by atoms with E-state index in [1.165, 1.54) is 18.0 Å². The third-order valence-corrected chi connectivity index (χ3v) is 2.68. The van der Waals surface area contributed by atoms with Gasteiger partial charge in [0.2, 0.25) is 5.88 Å². The van der Waals surface area contributed by atoms with Crippen LogP contribution in [0.15, 0.2) is 30.6 Å². The number of aryl methyl sites for hydroxylation is 1. The van der Waals surface area contributed by atoms with Crippen LogP contribution in [0.4, 0.5) is 0 Å². The molecule has 0 amide bonds. The first-order valence-electron chi connectivity index (χ1n) is 6.03. The number of hydrogen-bond acceptors (Lipinski definition) is 5. The van der Waals surface area contributed by atoms with E-state index >= 15 is 0 Å². The molecule has 0 saturated heterocycles. The molecule has 0 bridgehead atoms. The highest BCUT2D eigenvalue weighted by molar-refractivity contribution is 5.44. The number of methoxy groups -OCH3 is 1. The molecule has 0 unspecified atom stereocenters. The van der Waals surface area contributed by atoms with Crippen molar-refractivity contribution >= 4 is 0 Å². The molecule has 1 N–H and O–H groups in total. The fraction of sp³-hybridized carbons (Fsp3) is 0.286. The predicted octanol–water partition coefficient (Wildman–Crippen LogP) is 2.33. The Balaban J connectivity index is 2.26. The largest absolute Gasteiger partial charge is 0.493 e. The third kappa shape index (κ3) is 3.20. The lowest BCUT2D eigenvalue weighted by molar-refractivity contribution is 0.274. The van der Waals surface area contributed by atoms with Gasteiger partial charge in [-0.1, -0.05) is 13.0 Å². The van der Waals surface area contributed by atoms with Crippen LogP contribution in [-0.2, 0) is 13.0 Å². The molecule has 0 spiro atoms. The van der Waals surface area contributed by atoms with Gasteiger partial charge in [0, 0.05) is 0 Å². The lowest BCUT2D eigenvalue weighted by atomic mass is 10.1. The van der Waals surface area contributed by atoms with Gasteiger partial charge in [-0.05, 0) is 24.1 Å². The molecule has 0 aliphatic rings. The molecule has 5 heteroatoms. The molecule has 0 fully saturated rings. The van der Waals surface area contributed by atoms with Crippen LogP contribution in [-0.4, -0.2) is 22.2 Å². The van der Waals surface area contributed by atoms with E-state index in [0.29, 0.717) is 23.1 Å². The fourth-order valence-electron chi connectivity index (χ4n) is 1.64. The second-order valence-electron chi connectivity index (χ2n) is 3.95. The van der Waals surface area contributed by atoms with Gasteiger partial charge in [0.1, 0.15) is 0 Å². The van der Waals surface area contributed by atoms with E-state index in [1.54, 1.807) is 7.11 Å². The zero-order valence-corrected chi connectivity index (χ0v) is 11.0. The maximum absolute atomic E-state index is 9.01. The van der Waals surface area contributed by atoms with Gasteiger partial charge < -0.3 is 14.6 Å². The van der Waals surface area contributed by atoms with E-state index in [2.05, 4.69) is 16.9 Å². The Labute approximate surface area is 111 Å². The molecule has 0 aliphatic heterocycles. The topological polar surface area (TPSA) is 64.5 Å². The highest BCUT2D eigenvalue weighted by Gasteiger charge is 2.08. The number of aromatic nitrogens is 2. The average molecular weight is 260 g/mol. The summed E-state index contributed by atoms with van der Waals surface area (Å²) in [5, 5.41) is 9.01. The molecule has 19 heavy (non-hydrogen) atoms. The molecular formula is C14H16N2O3. The first-order valence-corrected chi connectivity index (χ1v) is 6.03. The van der Waals surface area contributed by atoms with Gasteiger partial charge in [-0.25, -0.2) is 4.98 Å². The first-order chi connectivity index (χ1) is 9.26. The highest BCUT2D eigenvalue weighted by Crippen LogP contribution is 2.31. The number of hydrogen-bond donors (Lipinski definition) is 1. The smallest absolute Gasteiger partial charge is 0.238 e. The number of ether oxygens (including phenoxy) is 2. The number of aliphatic hydroxyl groups is 1. The first kappa shape index (κ1) is 13.3. The molecule has 0 saturated carbocycles. The van der Waals surface area contributed by atoms with Gasteiger partial charge >= 0.3 is 0 Å². The minimum absolute atomic E-state index is 0.171. The maximum Gasteiger partial charge on any atom is 0.238 e. The Bertz CT molecular complexity index is 558. The molecule has 100 valence electrons. The summed E-state index contributed by atoms with van der Waals surface area (Å²) in [7, 11) is 1.59. The van der Waals surface area contributed by atoms with Crippen LogP contribution >= 0.6 is 0 Å². The second kappa shape index (κ2) is 6.15. The van der Waals surface area contributed by atoms with Crippen LogP contribution in [0.1, 0.15) is 18.2 Å². The molecule has 2 aromatic rings. The molecule has 1 heterocycles. The van der Waals surface area contributed by atoms with Gasteiger partial charge in [-0.15, -0.1) is 0 Å². The number of benzene rings is 1. The van der Waals surface area contributed by atoms with Crippen LogP contribution in [0.2, 0.25) is 0 Å². The van der Waals surface area contributed by atoms with Crippen molar-refractivity contribution in [3.05, 3.63) is 41.9 Å². The maximum atomic E-state index is 9.01. The van der Waals surface area contributed by atoms with Crippen molar-refractivity contribution in [1.82, 2.24) is 9.97 Å². The van der Waals surface area contributed by atoms with Crippen molar-refractivity contribution in [3.8, 4) is 17.4 Å². The molecule has 2 rings (SSSR count). The summed E-state index contributed by atoms with van der Waals surface area (Å²) < 4.78 is 10.9. The van der Waals surface area contributed by atoms with E-state index in [-0.39, 0.29) is 6.61 Å². The lowest BCUT2D eigenvalue weighted by Crippen LogP contribution is -1.97. The van der Waals surface area contributed by atoms with E-state index < -0.39 is 0 Å². The van der Waals surface area contributed by atoms with E-state index in [9.17, 15) is 0 Å². The van der Waals surface area contributed by atoms with Gasteiger partial charge in [0.05, 0.1) is 31.8 Å². The monoisotopic (exact) mass is 260 g/mol.